The molecule has 0 unspecified atom stereocenters. The Morgan fingerprint density at radius 2 is 1.94 bits per heavy atom. The lowest BCUT2D eigenvalue weighted by Crippen LogP contribution is -2.42. The first-order valence-electron chi connectivity index (χ1n) is 4.46. The van der Waals surface area contributed by atoms with Crippen LogP contribution in [-0.2, 0) is 16.0 Å². The van der Waals surface area contributed by atoms with Crippen LogP contribution >= 0.6 is 0 Å². The third-order valence-corrected chi connectivity index (χ3v) is 1.78. The third kappa shape index (κ3) is 5.74. The smallest absolute Gasteiger partial charge is 0.322 e. The molecule has 6 heteroatoms. The highest BCUT2D eigenvalue weighted by atomic mass is 16.4. The molecule has 1 aromatic carbocycles. The molecule has 0 aliphatic carbocycles. The van der Waals surface area contributed by atoms with Gasteiger partial charge in [-0.3, -0.25) is 15.4 Å². The molecule has 0 amide bonds. The normalized spacial score (nSPS) is 10.8. The number of carbonyl (C=O) groups is 2. The van der Waals surface area contributed by atoms with Crippen LogP contribution in [-0.4, -0.2) is 28.7 Å². The van der Waals surface area contributed by atoms with Crippen LogP contribution in [0, 0.1) is 0 Å². The van der Waals surface area contributed by atoms with Crippen molar-refractivity contribution in [1.29, 1.82) is 0 Å². The summed E-state index contributed by atoms with van der Waals surface area (Å²) in [6.45, 7) is -0.250. The molecule has 5 N–H and O–H groups in total. The van der Waals surface area contributed by atoms with Gasteiger partial charge in [0, 0.05) is 0 Å². The van der Waals surface area contributed by atoms with Crippen LogP contribution in [0.4, 0.5) is 0 Å². The zero-order chi connectivity index (χ0) is 12.4. The van der Waals surface area contributed by atoms with Crippen LogP contribution in [0.3, 0.4) is 0 Å². The number of aliphatic carboxylic acids is 1. The van der Waals surface area contributed by atoms with Gasteiger partial charge in [-0.2, -0.15) is 0 Å². The van der Waals surface area contributed by atoms with Gasteiger partial charge >= 0.3 is 5.97 Å². The van der Waals surface area contributed by atoms with Gasteiger partial charge in [0.1, 0.15) is 6.04 Å². The summed E-state index contributed by atoms with van der Waals surface area (Å²) in [7, 11) is 0. The van der Waals surface area contributed by atoms with Crippen LogP contribution in [0.5, 0.6) is 0 Å². The zero-order valence-electron chi connectivity index (χ0n) is 8.54. The predicted octanol–water partition coefficient (Wildman–Crippen LogP) is -0.154. The quantitative estimate of drug-likeness (QED) is 0.322. The highest BCUT2D eigenvalue weighted by molar-refractivity contribution is 5.73. The molecule has 0 bridgehead atoms. The average Bonchev–Trinajstić information content (AvgIpc) is 2.28. The van der Waals surface area contributed by atoms with Crippen molar-refractivity contribution >= 4 is 12.4 Å². The number of carboxylic acids is 1. The number of nitrogens with two attached hydrogens (primary N) is 1. The van der Waals surface area contributed by atoms with E-state index < -0.39 is 12.0 Å². The number of benzene rings is 1. The largest absolute Gasteiger partial charge is 0.483 e. The molecule has 1 atom stereocenters. The summed E-state index contributed by atoms with van der Waals surface area (Å²) in [4.78, 5) is 19.0. The molecule has 0 aliphatic heterocycles. The first kappa shape index (κ1) is 14.1. The van der Waals surface area contributed by atoms with Crippen molar-refractivity contribution in [3.63, 3.8) is 0 Å². The van der Waals surface area contributed by atoms with Gasteiger partial charge in [0.15, 0.2) is 0 Å². The maximum Gasteiger partial charge on any atom is 0.322 e. The van der Waals surface area contributed by atoms with E-state index in [-0.39, 0.29) is 6.47 Å². The summed E-state index contributed by atoms with van der Waals surface area (Å²) in [5, 5.41) is 15.6. The maximum absolute atomic E-state index is 10.6. The van der Waals surface area contributed by atoms with Gasteiger partial charge in [0.2, 0.25) is 0 Å². The fraction of sp³-hybridized carbons (Fsp3) is 0.200. The number of rotatable bonds is 4. The first-order valence-corrected chi connectivity index (χ1v) is 4.46. The molecule has 0 spiro atoms. The van der Waals surface area contributed by atoms with Crippen molar-refractivity contribution in [2.75, 3.05) is 0 Å². The summed E-state index contributed by atoms with van der Waals surface area (Å²) < 4.78 is 0. The Morgan fingerprint density at radius 1 is 1.44 bits per heavy atom. The Hall–Kier alpha value is -1.92. The number of nitrogens with one attached hydrogen (secondary N) is 1. The van der Waals surface area contributed by atoms with Crippen LogP contribution < -0.4 is 11.3 Å². The van der Waals surface area contributed by atoms with E-state index >= 15 is 0 Å². The molecule has 0 aromatic heterocycles. The number of hydrogen-bond donors (Lipinski definition) is 4. The molecule has 16 heavy (non-hydrogen) atoms. The average molecular weight is 226 g/mol. The van der Waals surface area contributed by atoms with Gasteiger partial charge in [-0.1, -0.05) is 30.3 Å². The Morgan fingerprint density at radius 3 is 2.31 bits per heavy atom. The van der Waals surface area contributed by atoms with Crippen molar-refractivity contribution in [2.24, 2.45) is 5.84 Å². The van der Waals surface area contributed by atoms with Crippen molar-refractivity contribution < 1.29 is 19.8 Å². The van der Waals surface area contributed by atoms with Crippen LogP contribution in [0.15, 0.2) is 30.3 Å². The summed E-state index contributed by atoms with van der Waals surface area (Å²) in [6, 6.07) is 8.63. The second kappa shape index (κ2) is 8.39. The van der Waals surface area contributed by atoms with Crippen LogP contribution in [0.25, 0.3) is 0 Å². The van der Waals surface area contributed by atoms with Gasteiger partial charge in [0.05, 0.1) is 0 Å². The number of carboxylic acid groups (broad SMARTS) is 2. The Kier molecular flexibility index (Phi) is 7.39. The minimum absolute atomic E-state index is 0.250. The van der Waals surface area contributed by atoms with Crippen LogP contribution in [0.2, 0.25) is 0 Å². The van der Waals surface area contributed by atoms with Crippen molar-refractivity contribution in [1.82, 2.24) is 5.43 Å². The summed E-state index contributed by atoms with van der Waals surface area (Å²) in [6.07, 6.45) is 0.396. The van der Waals surface area contributed by atoms with Crippen LogP contribution in [0.1, 0.15) is 5.56 Å². The Bertz CT molecular complexity index is 316. The molecule has 6 nitrogen and oxygen atoms in total. The molecule has 0 radical (unpaired) electrons. The highest BCUT2D eigenvalue weighted by Crippen LogP contribution is 2.02. The molecule has 0 saturated carbocycles. The SMILES string of the molecule is NN[C@@H](Cc1ccccc1)C(=O)O.O=CO. The van der Waals surface area contributed by atoms with Gasteiger partial charge < -0.3 is 10.2 Å². The molecule has 1 aromatic rings. The minimum atomic E-state index is -0.939. The lowest BCUT2D eigenvalue weighted by atomic mass is 10.1. The molecule has 0 aliphatic rings. The molecule has 1 rings (SSSR count). The zero-order valence-corrected chi connectivity index (χ0v) is 8.54. The summed E-state index contributed by atoms with van der Waals surface area (Å²) in [5.41, 5.74) is 3.20. The van der Waals surface area contributed by atoms with E-state index in [1.54, 1.807) is 0 Å². The van der Waals surface area contributed by atoms with Crippen molar-refractivity contribution in [3.05, 3.63) is 35.9 Å². The van der Waals surface area contributed by atoms with E-state index in [2.05, 4.69) is 5.43 Å². The lowest BCUT2D eigenvalue weighted by molar-refractivity contribution is -0.139. The van der Waals surface area contributed by atoms with E-state index in [1.165, 1.54) is 0 Å². The van der Waals surface area contributed by atoms with E-state index in [0.29, 0.717) is 6.42 Å². The molecule has 0 heterocycles. The first-order chi connectivity index (χ1) is 7.65. The standard InChI is InChI=1S/C9H12N2O2.CH2O2/c10-11-8(9(12)13)6-7-4-2-1-3-5-7;2-1-3/h1-5,8,11H,6,10H2,(H,12,13);1H,(H,2,3)/t8-;/m0./s1. The van der Waals surface area contributed by atoms with E-state index in [9.17, 15) is 4.79 Å². The lowest BCUT2D eigenvalue weighted by Gasteiger charge is -2.09. The number of hydrogen-bond acceptors (Lipinski definition) is 4. The van der Waals surface area contributed by atoms with Gasteiger partial charge in [-0.05, 0) is 12.0 Å². The van der Waals surface area contributed by atoms with Gasteiger partial charge in [-0.25, -0.2) is 5.43 Å². The predicted molar refractivity (Wildman–Crippen MR) is 57.6 cm³/mol. The van der Waals surface area contributed by atoms with E-state index in [4.69, 9.17) is 20.9 Å². The van der Waals surface area contributed by atoms with Crippen molar-refractivity contribution in [2.45, 2.75) is 12.5 Å². The summed E-state index contributed by atoms with van der Waals surface area (Å²) in [5.74, 6) is 4.15. The molecule has 0 saturated heterocycles. The fourth-order valence-corrected chi connectivity index (χ4v) is 1.07. The third-order valence-electron chi connectivity index (χ3n) is 1.78. The number of hydrazine groups is 1. The topological polar surface area (TPSA) is 113 Å². The summed E-state index contributed by atoms with van der Waals surface area (Å²) >= 11 is 0. The molecule has 0 fully saturated rings. The van der Waals surface area contributed by atoms with E-state index in [0.717, 1.165) is 5.56 Å². The fourth-order valence-electron chi connectivity index (χ4n) is 1.07. The van der Waals surface area contributed by atoms with Crippen molar-refractivity contribution in [3.8, 4) is 0 Å². The second-order valence-corrected chi connectivity index (χ2v) is 2.85. The maximum atomic E-state index is 10.6. The second-order valence-electron chi connectivity index (χ2n) is 2.85. The molecular formula is C10H14N2O4. The van der Waals surface area contributed by atoms with Gasteiger partial charge in [-0.15, -0.1) is 0 Å². The molecule has 88 valence electrons. The Balaban J connectivity index is 0.000000673. The monoisotopic (exact) mass is 226 g/mol. The minimum Gasteiger partial charge on any atom is -0.483 e. The Labute approximate surface area is 92.7 Å². The molecular weight excluding hydrogens is 212 g/mol. The highest BCUT2D eigenvalue weighted by Gasteiger charge is 2.14. The van der Waals surface area contributed by atoms with E-state index in [1.807, 2.05) is 30.3 Å². The van der Waals surface area contributed by atoms with Gasteiger partial charge in [0.25, 0.3) is 6.47 Å².